The van der Waals surface area contributed by atoms with Crippen molar-refractivity contribution >= 4 is 5.91 Å². The molecule has 1 fully saturated rings. The van der Waals surface area contributed by atoms with E-state index in [1.54, 1.807) is 24.5 Å². The SMILES string of the molecule is Cc1cccnc1CN1CCN(C(=O)COc2cccnc2)CC1. The van der Waals surface area contributed by atoms with Crippen molar-refractivity contribution in [1.82, 2.24) is 19.8 Å². The summed E-state index contributed by atoms with van der Waals surface area (Å²) in [6.45, 7) is 6.13. The van der Waals surface area contributed by atoms with Crippen LogP contribution in [0.3, 0.4) is 0 Å². The summed E-state index contributed by atoms with van der Waals surface area (Å²) < 4.78 is 5.48. The Hall–Kier alpha value is -2.47. The number of rotatable bonds is 5. The molecule has 1 aliphatic rings. The van der Waals surface area contributed by atoms with Crippen LogP contribution in [0.25, 0.3) is 0 Å². The smallest absolute Gasteiger partial charge is 0.260 e. The number of carbonyl (C=O) groups excluding carboxylic acids is 1. The molecule has 0 spiro atoms. The van der Waals surface area contributed by atoms with Crippen LogP contribution in [-0.4, -0.2) is 58.5 Å². The third kappa shape index (κ3) is 4.29. The number of aromatic nitrogens is 2. The Morgan fingerprint density at radius 3 is 2.67 bits per heavy atom. The van der Waals surface area contributed by atoms with E-state index in [2.05, 4.69) is 27.9 Å². The zero-order valence-electron chi connectivity index (χ0n) is 13.9. The fourth-order valence-electron chi connectivity index (χ4n) is 2.72. The molecule has 1 aliphatic heterocycles. The second kappa shape index (κ2) is 7.88. The summed E-state index contributed by atoms with van der Waals surface area (Å²) in [7, 11) is 0. The van der Waals surface area contributed by atoms with Gasteiger partial charge in [-0.3, -0.25) is 19.7 Å². The molecule has 0 saturated carbocycles. The van der Waals surface area contributed by atoms with E-state index in [4.69, 9.17) is 4.74 Å². The molecule has 1 saturated heterocycles. The van der Waals surface area contributed by atoms with Gasteiger partial charge in [0.25, 0.3) is 5.91 Å². The molecule has 2 aromatic rings. The van der Waals surface area contributed by atoms with Gasteiger partial charge < -0.3 is 9.64 Å². The Bertz CT molecular complexity index is 670. The monoisotopic (exact) mass is 326 g/mol. The van der Waals surface area contributed by atoms with E-state index >= 15 is 0 Å². The van der Waals surface area contributed by atoms with Crippen LogP contribution in [0.2, 0.25) is 0 Å². The summed E-state index contributed by atoms with van der Waals surface area (Å²) in [6, 6.07) is 7.63. The van der Waals surface area contributed by atoms with Gasteiger partial charge in [0, 0.05) is 45.1 Å². The third-order valence-electron chi connectivity index (χ3n) is 4.21. The van der Waals surface area contributed by atoms with E-state index in [9.17, 15) is 4.79 Å². The fourth-order valence-corrected chi connectivity index (χ4v) is 2.72. The van der Waals surface area contributed by atoms with Crippen molar-refractivity contribution in [3.8, 4) is 5.75 Å². The van der Waals surface area contributed by atoms with Crippen LogP contribution in [0.15, 0.2) is 42.9 Å². The lowest BCUT2D eigenvalue weighted by Gasteiger charge is -2.34. The van der Waals surface area contributed by atoms with Gasteiger partial charge in [-0.1, -0.05) is 6.07 Å². The lowest BCUT2D eigenvalue weighted by atomic mass is 10.2. The summed E-state index contributed by atoms with van der Waals surface area (Å²) >= 11 is 0. The largest absolute Gasteiger partial charge is 0.482 e. The van der Waals surface area contributed by atoms with Gasteiger partial charge in [0.1, 0.15) is 5.75 Å². The lowest BCUT2D eigenvalue weighted by Crippen LogP contribution is -2.49. The summed E-state index contributed by atoms with van der Waals surface area (Å²) in [5.41, 5.74) is 2.32. The standard InChI is InChI=1S/C18H22N4O2/c1-15-4-2-7-20-17(15)13-21-8-10-22(11-9-21)18(23)14-24-16-5-3-6-19-12-16/h2-7,12H,8-11,13-14H2,1H3. The van der Waals surface area contributed by atoms with E-state index in [0.717, 1.165) is 38.4 Å². The molecule has 0 aromatic carbocycles. The fraction of sp³-hybridized carbons (Fsp3) is 0.389. The Balaban J connectivity index is 1.44. The average Bonchev–Trinajstić information content (AvgIpc) is 2.63. The minimum absolute atomic E-state index is 0.0209. The maximum Gasteiger partial charge on any atom is 0.260 e. The van der Waals surface area contributed by atoms with Crippen molar-refractivity contribution in [2.24, 2.45) is 0 Å². The summed E-state index contributed by atoms with van der Waals surface area (Å²) in [5, 5.41) is 0. The van der Waals surface area contributed by atoms with Crippen molar-refractivity contribution in [2.75, 3.05) is 32.8 Å². The first kappa shape index (κ1) is 16.4. The van der Waals surface area contributed by atoms with Crippen molar-refractivity contribution in [1.29, 1.82) is 0 Å². The highest BCUT2D eigenvalue weighted by atomic mass is 16.5. The van der Waals surface area contributed by atoms with Crippen molar-refractivity contribution in [3.63, 3.8) is 0 Å². The molecule has 0 radical (unpaired) electrons. The van der Waals surface area contributed by atoms with Crippen LogP contribution in [0.1, 0.15) is 11.3 Å². The number of pyridine rings is 2. The molecule has 0 atom stereocenters. The average molecular weight is 326 g/mol. The molecule has 6 heteroatoms. The van der Waals surface area contributed by atoms with Gasteiger partial charge in [-0.25, -0.2) is 0 Å². The molecule has 1 amide bonds. The van der Waals surface area contributed by atoms with Gasteiger partial charge in [-0.15, -0.1) is 0 Å². The molecule has 24 heavy (non-hydrogen) atoms. The van der Waals surface area contributed by atoms with Crippen molar-refractivity contribution < 1.29 is 9.53 Å². The Kier molecular flexibility index (Phi) is 5.38. The van der Waals surface area contributed by atoms with Gasteiger partial charge >= 0.3 is 0 Å². The zero-order chi connectivity index (χ0) is 16.8. The highest BCUT2D eigenvalue weighted by molar-refractivity contribution is 5.77. The molecule has 2 aromatic heterocycles. The quantitative estimate of drug-likeness (QED) is 0.833. The number of piperazine rings is 1. The number of hydrogen-bond acceptors (Lipinski definition) is 5. The van der Waals surface area contributed by atoms with Crippen LogP contribution < -0.4 is 4.74 Å². The number of aryl methyl sites for hydroxylation is 1. The molecule has 0 aliphatic carbocycles. The first-order valence-electron chi connectivity index (χ1n) is 8.16. The number of carbonyl (C=O) groups is 1. The van der Waals surface area contributed by atoms with E-state index in [0.29, 0.717) is 5.75 Å². The molecule has 0 N–H and O–H groups in total. The van der Waals surface area contributed by atoms with E-state index in [1.165, 1.54) is 5.56 Å². The van der Waals surface area contributed by atoms with Crippen LogP contribution in [0.4, 0.5) is 0 Å². The van der Waals surface area contributed by atoms with Gasteiger partial charge in [0.15, 0.2) is 6.61 Å². The second-order valence-electron chi connectivity index (χ2n) is 5.90. The Labute approximate surface area is 142 Å². The van der Waals surface area contributed by atoms with E-state index < -0.39 is 0 Å². The molecule has 126 valence electrons. The predicted octanol–water partition coefficient (Wildman–Crippen LogP) is 1.51. The normalized spacial score (nSPS) is 15.3. The van der Waals surface area contributed by atoms with Gasteiger partial charge in [-0.05, 0) is 30.7 Å². The minimum Gasteiger partial charge on any atom is -0.482 e. The van der Waals surface area contributed by atoms with Gasteiger partial charge in [-0.2, -0.15) is 0 Å². The minimum atomic E-state index is 0.0209. The second-order valence-corrected chi connectivity index (χ2v) is 5.90. The molecular weight excluding hydrogens is 304 g/mol. The molecular formula is C18H22N4O2. The number of hydrogen-bond donors (Lipinski definition) is 0. The Morgan fingerprint density at radius 1 is 1.17 bits per heavy atom. The van der Waals surface area contributed by atoms with Crippen LogP contribution in [-0.2, 0) is 11.3 Å². The first-order chi connectivity index (χ1) is 11.7. The number of amides is 1. The van der Waals surface area contributed by atoms with Gasteiger partial charge in [0.05, 0.1) is 11.9 Å². The molecule has 3 rings (SSSR count). The maximum atomic E-state index is 12.2. The highest BCUT2D eigenvalue weighted by Gasteiger charge is 2.22. The van der Waals surface area contributed by atoms with Gasteiger partial charge in [0.2, 0.25) is 0 Å². The van der Waals surface area contributed by atoms with E-state index in [1.807, 2.05) is 17.2 Å². The summed E-state index contributed by atoms with van der Waals surface area (Å²) in [6.07, 6.45) is 5.12. The zero-order valence-corrected chi connectivity index (χ0v) is 13.9. The van der Waals surface area contributed by atoms with Crippen LogP contribution in [0.5, 0.6) is 5.75 Å². The van der Waals surface area contributed by atoms with Crippen LogP contribution in [0, 0.1) is 6.92 Å². The molecule has 0 bridgehead atoms. The third-order valence-corrected chi connectivity index (χ3v) is 4.21. The summed E-state index contributed by atoms with van der Waals surface area (Å²) in [4.78, 5) is 24.8. The lowest BCUT2D eigenvalue weighted by molar-refractivity contribution is -0.135. The highest BCUT2D eigenvalue weighted by Crippen LogP contribution is 2.11. The van der Waals surface area contributed by atoms with E-state index in [-0.39, 0.29) is 12.5 Å². The predicted molar refractivity (Wildman–Crippen MR) is 90.6 cm³/mol. The maximum absolute atomic E-state index is 12.2. The Morgan fingerprint density at radius 2 is 1.96 bits per heavy atom. The molecule has 6 nitrogen and oxygen atoms in total. The number of nitrogens with zero attached hydrogens (tertiary/aromatic N) is 4. The van der Waals surface area contributed by atoms with Crippen LogP contribution >= 0.6 is 0 Å². The van der Waals surface area contributed by atoms with Crippen molar-refractivity contribution in [3.05, 3.63) is 54.1 Å². The number of ether oxygens (including phenoxy) is 1. The first-order valence-corrected chi connectivity index (χ1v) is 8.16. The topological polar surface area (TPSA) is 58.6 Å². The molecule has 0 unspecified atom stereocenters. The summed E-state index contributed by atoms with van der Waals surface area (Å²) in [5.74, 6) is 0.641. The molecule has 3 heterocycles. The van der Waals surface area contributed by atoms with Crippen molar-refractivity contribution in [2.45, 2.75) is 13.5 Å².